The van der Waals surface area contributed by atoms with Crippen LogP contribution >= 0.6 is 0 Å². The second-order valence-corrected chi connectivity index (χ2v) is 8.58. The van der Waals surface area contributed by atoms with Crippen LogP contribution in [-0.2, 0) is 14.3 Å². The smallest absolute Gasteiger partial charge is 0.199 e. The van der Waals surface area contributed by atoms with E-state index in [9.17, 15) is 25.5 Å². The third-order valence-electron chi connectivity index (χ3n) is 6.30. The molecule has 37 heavy (non-hydrogen) atoms. The Morgan fingerprint density at radius 2 is 1.86 bits per heavy atom. The first kappa shape index (κ1) is 25.1. The number of ether oxygens (including phenoxy) is 3. The van der Waals surface area contributed by atoms with Gasteiger partial charge in [0, 0.05) is 16.5 Å². The lowest BCUT2D eigenvalue weighted by atomic mass is 9.99. The molecule has 1 saturated heterocycles. The molecule has 12 nitrogen and oxygen atoms in total. The fourth-order valence-corrected chi connectivity index (χ4v) is 4.38. The Kier molecular flexibility index (Phi) is 7.11. The van der Waals surface area contributed by atoms with Crippen molar-refractivity contribution < 1.29 is 44.6 Å². The fourth-order valence-electron chi connectivity index (χ4n) is 4.38. The zero-order valence-corrected chi connectivity index (χ0v) is 19.8. The largest absolute Gasteiger partial charge is 0.497 e. The van der Waals surface area contributed by atoms with E-state index < -0.39 is 37.3 Å². The maximum atomic E-state index is 10.7. The summed E-state index contributed by atoms with van der Waals surface area (Å²) in [5.74, 6) is 0.539. The average Bonchev–Trinajstić information content (AvgIpc) is 3.43. The van der Waals surface area contributed by atoms with Gasteiger partial charge < -0.3 is 49.6 Å². The summed E-state index contributed by atoms with van der Waals surface area (Å²) in [4.78, 5) is 13.1. The lowest BCUT2D eigenvalue weighted by Crippen LogP contribution is -2.59. The van der Waals surface area contributed by atoms with Crippen molar-refractivity contribution in [3.63, 3.8) is 0 Å². The number of fused-ring (bicyclic) bond motifs is 2. The Balaban J connectivity index is 1.34. The molecule has 5 rings (SSSR count). The zero-order chi connectivity index (χ0) is 26.1. The van der Waals surface area contributed by atoms with Crippen molar-refractivity contribution >= 4 is 28.0 Å². The molecule has 0 saturated carbocycles. The van der Waals surface area contributed by atoms with Crippen LogP contribution in [0.5, 0.6) is 11.6 Å². The highest BCUT2D eigenvalue weighted by molar-refractivity contribution is 6.58. The molecule has 196 valence electrons. The van der Waals surface area contributed by atoms with Crippen LogP contribution in [0, 0.1) is 0 Å². The third-order valence-corrected chi connectivity index (χ3v) is 6.30. The molecule has 1 aromatic heterocycles. The number of aromatic hydroxyl groups is 1. The van der Waals surface area contributed by atoms with Crippen molar-refractivity contribution in [2.24, 2.45) is 10.1 Å². The summed E-state index contributed by atoms with van der Waals surface area (Å²) >= 11 is 0. The molecule has 0 bridgehead atoms. The van der Waals surface area contributed by atoms with Gasteiger partial charge in [-0.3, -0.25) is 0 Å². The van der Waals surface area contributed by atoms with E-state index in [0.29, 0.717) is 44.9 Å². The van der Waals surface area contributed by atoms with Crippen LogP contribution in [0.2, 0.25) is 0 Å². The number of nitrogens with one attached hydrogen (secondary N) is 1. The van der Waals surface area contributed by atoms with Crippen LogP contribution in [0.25, 0.3) is 10.9 Å². The first-order valence-corrected chi connectivity index (χ1v) is 11.6. The van der Waals surface area contributed by atoms with Crippen LogP contribution in [0.1, 0.15) is 11.1 Å². The Hall–Kier alpha value is -3.52. The fraction of sp³-hybridized carbons (Fsp3) is 0.360. The van der Waals surface area contributed by atoms with Gasteiger partial charge in [-0.2, -0.15) is 0 Å². The van der Waals surface area contributed by atoms with E-state index in [2.05, 4.69) is 15.1 Å². The number of aromatic nitrogens is 1. The Morgan fingerprint density at radius 1 is 1.05 bits per heavy atom. The molecule has 2 aliphatic rings. The maximum Gasteiger partial charge on any atom is 0.199 e. The molecule has 0 unspecified atom stereocenters. The number of aromatic amines is 1. The molecule has 2 aliphatic heterocycles. The van der Waals surface area contributed by atoms with Gasteiger partial charge in [-0.05, 0) is 24.3 Å². The minimum atomic E-state index is -1.53. The predicted molar refractivity (Wildman–Crippen MR) is 131 cm³/mol. The van der Waals surface area contributed by atoms with Crippen LogP contribution in [0.4, 0.5) is 5.69 Å². The minimum absolute atomic E-state index is 0.0539. The summed E-state index contributed by atoms with van der Waals surface area (Å²) in [5.41, 5.74) is 3.33. The van der Waals surface area contributed by atoms with Gasteiger partial charge in [0.1, 0.15) is 48.2 Å². The molecular formula is C25H27N3O9. The van der Waals surface area contributed by atoms with E-state index in [0.717, 1.165) is 0 Å². The number of methoxy groups -OCH3 is 1. The summed E-state index contributed by atoms with van der Waals surface area (Å²) < 4.78 is 16.1. The lowest BCUT2D eigenvalue weighted by Gasteiger charge is -2.39. The molecule has 0 aliphatic carbocycles. The molecule has 2 aromatic carbocycles. The molecule has 3 heterocycles. The molecule has 12 heteroatoms. The number of H-pyrrole nitrogens is 1. The van der Waals surface area contributed by atoms with Gasteiger partial charge in [-0.1, -0.05) is 23.4 Å². The highest BCUT2D eigenvalue weighted by atomic mass is 16.7. The molecule has 0 amide bonds. The van der Waals surface area contributed by atoms with Gasteiger partial charge in [-0.15, -0.1) is 0 Å². The van der Waals surface area contributed by atoms with Crippen LogP contribution in [0.3, 0.4) is 0 Å². The Labute approximate surface area is 211 Å². The van der Waals surface area contributed by atoms with Crippen molar-refractivity contribution in [3.8, 4) is 11.6 Å². The molecule has 6 N–H and O–H groups in total. The van der Waals surface area contributed by atoms with Gasteiger partial charge in [0.2, 0.25) is 0 Å². The summed E-state index contributed by atoms with van der Waals surface area (Å²) in [6.45, 7) is -0.687. The van der Waals surface area contributed by atoms with Crippen LogP contribution in [-0.4, -0.2) is 99.6 Å². The molecule has 0 radical (unpaired) electrons. The Bertz CT molecular complexity index is 1340. The highest BCUT2D eigenvalue weighted by Crippen LogP contribution is 2.36. The SMILES string of the molecule is COc1ccc2[nH]c(O)c(C3=Nc4ccccc4/C3=N\OCCO[C@@H]3O[C@H](CO)[C@@H](O)[C@H](O)[C@H]3O)c2c1. The van der Waals surface area contributed by atoms with Crippen molar-refractivity contribution in [1.29, 1.82) is 0 Å². The number of hydrogen-bond acceptors (Lipinski definition) is 11. The lowest BCUT2D eigenvalue weighted by molar-refractivity contribution is -0.302. The molecule has 0 spiro atoms. The summed E-state index contributed by atoms with van der Waals surface area (Å²) in [5, 5.41) is 54.8. The van der Waals surface area contributed by atoms with E-state index >= 15 is 0 Å². The van der Waals surface area contributed by atoms with Gasteiger partial charge >= 0.3 is 0 Å². The number of oxime groups is 1. The number of aliphatic imine (C=N–C) groups is 1. The standard InChI is InChI=1S/C25H27N3O9/c1-34-12-6-7-16-14(10-12)18(24(33)27-16)20-19(13-4-2-3-5-15(13)26-20)28-36-9-8-35-25-23(32)22(31)21(30)17(11-29)37-25/h2-7,10,17,21-23,25,27,29-33H,8-9,11H2,1H3/b28-19+/t17-,21-,22+,23-,25-/m1/s1. The van der Waals surface area contributed by atoms with Gasteiger partial charge in [-0.25, -0.2) is 4.99 Å². The van der Waals surface area contributed by atoms with E-state index in [1.807, 2.05) is 24.3 Å². The number of para-hydroxylation sites is 1. The number of nitrogens with zero attached hydrogens (tertiary/aromatic N) is 2. The zero-order valence-electron chi connectivity index (χ0n) is 19.8. The number of aliphatic hydroxyl groups is 4. The first-order valence-electron chi connectivity index (χ1n) is 11.6. The average molecular weight is 514 g/mol. The topological polar surface area (TPSA) is 179 Å². The van der Waals surface area contributed by atoms with Crippen LogP contribution in [0.15, 0.2) is 52.6 Å². The van der Waals surface area contributed by atoms with E-state index in [1.165, 1.54) is 0 Å². The van der Waals surface area contributed by atoms with E-state index in [-0.39, 0.29) is 19.1 Å². The van der Waals surface area contributed by atoms with Gasteiger partial charge in [0.25, 0.3) is 0 Å². The summed E-state index contributed by atoms with van der Waals surface area (Å²) in [7, 11) is 1.56. The Morgan fingerprint density at radius 3 is 2.65 bits per heavy atom. The minimum Gasteiger partial charge on any atom is -0.497 e. The predicted octanol–water partition coefficient (Wildman–Crippen LogP) is 0.554. The maximum absolute atomic E-state index is 10.7. The van der Waals surface area contributed by atoms with E-state index in [4.69, 9.17) is 19.0 Å². The summed E-state index contributed by atoms with van der Waals surface area (Å²) in [6.07, 6.45) is -6.85. The van der Waals surface area contributed by atoms with Gasteiger partial charge in [0.15, 0.2) is 12.2 Å². The van der Waals surface area contributed by atoms with Crippen molar-refractivity contribution in [2.45, 2.75) is 30.7 Å². The molecule has 1 fully saturated rings. The van der Waals surface area contributed by atoms with Crippen molar-refractivity contribution in [2.75, 3.05) is 26.9 Å². The third kappa shape index (κ3) is 4.66. The number of rotatable bonds is 8. The van der Waals surface area contributed by atoms with Crippen LogP contribution < -0.4 is 4.74 Å². The molecule has 3 aromatic rings. The quantitative estimate of drug-likeness (QED) is 0.185. The molecular weight excluding hydrogens is 486 g/mol. The van der Waals surface area contributed by atoms with Crippen molar-refractivity contribution in [1.82, 2.24) is 4.98 Å². The highest BCUT2D eigenvalue weighted by Gasteiger charge is 2.44. The number of hydrogen-bond donors (Lipinski definition) is 6. The number of aliphatic hydroxyl groups excluding tert-OH is 4. The van der Waals surface area contributed by atoms with E-state index in [1.54, 1.807) is 25.3 Å². The second-order valence-electron chi connectivity index (χ2n) is 8.58. The van der Waals surface area contributed by atoms with Gasteiger partial charge in [0.05, 0.1) is 31.6 Å². The summed E-state index contributed by atoms with van der Waals surface area (Å²) in [6, 6.07) is 12.7. The molecule has 5 atom stereocenters. The second kappa shape index (κ2) is 10.5. The number of benzene rings is 2. The normalized spacial score (nSPS) is 26.4. The van der Waals surface area contributed by atoms with Crippen molar-refractivity contribution in [3.05, 3.63) is 53.6 Å². The first-order chi connectivity index (χ1) is 17.9. The monoisotopic (exact) mass is 513 g/mol.